The molecule has 4 rings (SSSR count). The fourth-order valence-corrected chi connectivity index (χ4v) is 3.93. The van der Waals surface area contributed by atoms with E-state index in [0.717, 1.165) is 32.1 Å². The molecule has 22 heavy (non-hydrogen) atoms. The van der Waals surface area contributed by atoms with Crippen LogP contribution in [0, 0.1) is 5.41 Å². The molecule has 2 aromatic carbocycles. The van der Waals surface area contributed by atoms with Crippen molar-refractivity contribution in [1.29, 1.82) is 0 Å². The molecule has 0 aliphatic heterocycles. The van der Waals surface area contributed by atoms with Crippen LogP contribution in [0.5, 0.6) is 5.75 Å². The molecule has 0 aromatic heterocycles. The number of hydrogen-bond donors (Lipinski definition) is 1. The van der Waals surface area contributed by atoms with Gasteiger partial charge in [-0.25, -0.2) is 0 Å². The maximum absolute atomic E-state index is 7.00. The van der Waals surface area contributed by atoms with Gasteiger partial charge in [-0.2, -0.15) is 0 Å². The normalized spacial score (nSPS) is 16.8. The summed E-state index contributed by atoms with van der Waals surface area (Å²) < 4.78 is 5.36. The monoisotopic (exact) mass is 294 g/mol. The van der Waals surface area contributed by atoms with Gasteiger partial charge in [0.15, 0.2) is 0 Å². The zero-order valence-corrected chi connectivity index (χ0v) is 13.2. The van der Waals surface area contributed by atoms with E-state index in [1.165, 1.54) is 27.8 Å². The van der Waals surface area contributed by atoms with E-state index in [9.17, 15) is 0 Å². The molecule has 1 N–H and O–H groups in total. The lowest BCUT2D eigenvalue weighted by Gasteiger charge is -2.24. The standard InChI is InChI=1S/C19H18O.CH4O/c1-13-18-8-7-17(20-2)9-16(18)12-19(13)10-14-5-3-4-6-15(14)11-19;1-2/h3-9H,1,10-12H2,2H3;2H,1H3. The van der Waals surface area contributed by atoms with E-state index in [2.05, 4.69) is 43.0 Å². The molecule has 2 aromatic rings. The average Bonchev–Trinajstić information content (AvgIpc) is 3.06. The number of allylic oxidation sites excluding steroid dienone is 1. The predicted octanol–water partition coefficient (Wildman–Crippen LogP) is 3.66. The molecule has 0 unspecified atom stereocenters. The molecule has 114 valence electrons. The molecule has 0 bridgehead atoms. The van der Waals surface area contributed by atoms with E-state index in [0.29, 0.717) is 0 Å². The van der Waals surface area contributed by atoms with Crippen molar-refractivity contribution in [3.8, 4) is 5.75 Å². The minimum atomic E-state index is 0.207. The maximum atomic E-state index is 7.00. The van der Waals surface area contributed by atoms with E-state index in [1.54, 1.807) is 7.11 Å². The molecule has 0 heterocycles. The van der Waals surface area contributed by atoms with Crippen molar-refractivity contribution in [3.05, 3.63) is 71.3 Å². The molecule has 1 spiro atoms. The number of methoxy groups -OCH3 is 1. The lowest BCUT2D eigenvalue weighted by atomic mass is 9.78. The number of rotatable bonds is 1. The summed E-state index contributed by atoms with van der Waals surface area (Å²) in [4.78, 5) is 0. The lowest BCUT2D eigenvalue weighted by molar-refractivity contribution is 0.399. The van der Waals surface area contributed by atoms with Crippen molar-refractivity contribution in [2.24, 2.45) is 5.41 Å². The summed E-state index contributed by atoms with van der Waals surface area (Å²) in [5, 5.41) is 7.00. The highest BCUT2D eigenvalue weighted by Gasteiger charge is 2.44. The number of aliphatic hydroxyl groups is 1. The van der Waals surface area contributed by atoms with Crippen molar-refractivity contribution in [3.63, 3.8) is 0 Å². The van der Waals surface area contributed by atoms with E-state index in [4.69, 9.17) is 9.84 Å². The Balaban J connectivity index is 0.000000693. The van der Waals surface area contributed by atoms with Crippen LogP contribution in [0.1, 0.15) is 22.3 Å². The van der Waals surface area contributed by atoms with Crippen LogP contribution in [0.2, 0.25) is 0 Å². The van der Waals surface area contributed by atoms with Crippen LogP contribution in [0.4, 0.5) is 0 Å². The van der Waals surface area contributed by atoms with Crippen molar-refractivity contribution in [2.75, 3.05) is 14.2 Å². The summed E-state index contributed by atoms with van der Waals surface area (Å²) in [6.45, 7) is 4.43. The zero-order chi connectivity index (χ0) is 15.7. The summed E-state index contributed by atoms with van der Waals surface area (Å²) in [5.74, 6) is 0.948. The molecule has 0 radical (unpaired) electrons. The van der Waals surface area contributed by atoms with Crippen LogP contribution in [0.25, 0.3) is 5.57 Å². The molecule has 2 aliphatic carbocycles. The van der Waals surface area contributed by atoms with Crippen LogP contribution in [0.3, 0.4) is 0 Å². The second-order valence-electron chi connectivity index (χ2n) is 6.08. The van der Waals surface area contributed by atoms with Crippen molar-refractivity contribution >= 4 is 5.57 Å². The SMILES string of the molecule is C=C1c2ccc(OC)cc2CC12Cc1ccccc1C2.CO. The molecule has 0 fully saturated rings. The number of aliphatic hydroxyl groups excluding tert-OH is 1. The second-order valence-corrected chi connectivity index (χ2v) is 6.08. The summed E-state index contributed by atoms with van der Waals surface area (Å²) in [6, 6.07) is 15.2. The highest BCUT2D eigenvalue weighted by Crippen LogP contribution is 2.53. The number of fused-ring (bicyclic) bond motifs is 2. The third-order valence-corrected chi connectivity index (χ3v) is 4.98. The predicted molar refractivity (Wildman–Crippen MR) is 90.2 cm³/mol. The van der Waals surface area contributed by atoms with Gasteiger partial charge >= 0.3 is 0 Å². The van der Waals surface area contributed by atoms with Gasteiger partial charge in [0, 0.05) is 12.5 Å². The third-order valence-electron chi connectivity index (χ3n) is 4.98. The molecule has 2 nitrogen and oxygen atoms in total. The molecule has 2 aliphatic rings. The maximum Gasteiger partial charge on any atom is 0.119 e. The Labute approximate surface area is 132 Å². The van der Waals surface area contributed by atoms with Crippen molar-refractivity contribution in [1.82, 2.24) is 0 Å². The molecule has 0 amide bonds. The minimum Gasteiger partial charge on any atom is -0.497 e. The first-order valence-corrected chi connectivity index (χ1v) is 7.60. The zero-order valence-electron chi connectivity index (χ0n) is 13.2. The smallest absolute Gasteiger partial charge is 0.119 e. The molecular formula is C20H22O2. The van der Waals surface area contributed by atoms with E-state index < -0.39 is 0 Å². The van der Waals surface area contributed by atoms with E-state index in [-0.39, 0.29) is 5.41 Å². The van der Waals surface area contributed by atoms with Gasteiger partial charge in [-0.05, 0) is 59.2 Å². The van der Waals surface area contributed by atoms with Gasteiger partial charge in [0.05, 0.1) is 7.11 Å². The molecule has 0 atom stereocenters. The van der Waals surface area contributed by atoms with Crippen molar-refractivity contribution < 1.29 is 9.84 Å². The van der Waals surface area contributed by atoms with Gasteiger partial charge in [0.25, 0.3) is 0 Å². The van der Waals surface area contributed by atoms with Crippen LogP contribution in [-0.2, 0) is 19.3 Å². The van der Waals surface area contributed by atoms with Gasteiger partial charge < -0.3 is 9.84 Å². The first-order valence-electron chi connectivity index (χ1n) is 7.60. The highest BCUT2D eigenvalue weighted by atomic mass is 16.5. The fraction of sp³-hybridized carbons (Fsp3) is 0.300. The topological polar surface area (TPSA) is 29.5 Å². The molecule has 0 saturated heterocycles. The summed E-state index contributed by atoms with van der Waals surface area (Å²) in [5.41, 5.74) is 7.23. The Kier molecular flexibility index (Phi) is 3.79. The number of hydrogen-bond acceptors (Lipinski definition) is 2. The van der Waals surface area contributed by atoms with Crippen LogP contribution in [0.15, 0.2) is 49.0 Å². The molecular weight excluding hydrogens is 272 g/mol. The molecule has 0 saturated carbocycles. The van der Waals surface area contributed by atoms with Crippen LogP contribution in [-0.4, -0.2) is 19.3 Å². The summed E-state index contributed by atoms with van der Waals surface area (Å²) >= 11 is 0. The summed E-state index contributed by atoms with van der Waals surface area (Å²) in [6.07, 6.45) is 3.34. The average molecular weight is 294 g/mol. The fourth-order valence-electron chi connectivity index (χ4n) is 3.93. The number of benzene rings is 2. The minimum absolute atomic E-state index is 0.207. The van der Waals surface area contributed by atoms with Gasteiger partial charge in [0.1, 0.15) is 5.75 Å². The van der Waals surface area contributed by atoms with Crippen LogP contribution >= 0.6 is 0 Å². The van der Waals surface area contributed by atoms with E-state index in [1.807, 2.05) is 6.07 Å². The highest BCUT2D eigenvalue weighted by molar-refractivity contribution is 5.78. The Morgan fingerprint density at radius 2 is 1.55 bits per heavy atom. The van der Waals surface area contributed by atoms with Crippen LogP contribution < -0.4 is 4.74 Å². The Morgan fingerprint density at radius 3 is 2.14 bits per heavy atom. The Bertz CT molecular complexity index is 690. The third kappa shape index (κ3) is 2.15. The lowest BCUT2D eigenvalue weighted by Crippen LogP contribution is -2.20. The van der Waals surface area contributed by atoms with Crippen molar-refractivity contribution in [2.45, 2.75) is 19.3 Å². The quantitative estimate of drug-likeness (QED) is 0.870. The molecule has 2 heteroatoms. The number of ether oxygens (including phenoxy) is 1. The van der Waals surface area contributed by atoms with E-state index >= 15 is 0 Å². The Morgan fingerprint density at radius 1 is 0.955 bits per heavy atom. The summed E-state index contributed by atoms with van der Waals surface area (Å²) in [7, 11) is 2.73. The van der Waals surface area contributed by atoms with Gasteiger partial charge in [-0.3, -0.25) is 0 Å². The second kappa shape index (κ2) is 5.62. The first-order chi connectivity index (χ1) is 10.7. The largest absolute Gasteiger partial charge is 0.497 e. The van der Waals surface area contributed by atoms with Gasteiger partial charge in [-0.1, -0.05) is 36.9 Å². The van der Waals surface area contributed by atoms with Gasteiger partial charge in [0.2, 0.25) is 0 Å². The van der Waals surface area contributed by atoms with Gasteiger partial charge in [-0.15, -0.1) is 0 Å². The Hall–Kier alpha value is -2.06. The first kappa shape index (κ1) is 14.9.